The molecule has 0 aliphatic carbocycles. The van der Waals surface area contributed by atoms with E-state index in [1.165, 1.54) is 25.1 Å². The Hall–Kier alpha value is -0.820. The molecule has 1 fully saturated rings. The molecule has 2 atom stereocenters. The average Bonchev–Trinajstić information content (AvgIpc) is 2.54. The Balaban J connectivity index is 2.11. The highest BCUT2D eigenvalue weighted by atomic mass is 15.1. The number of rotatable bonds is 1. The van der Waals surface area contributed by atoms with Gasteiger partial charge in [-0.25, -0.2) is 0 Å². The first-order valence-corrected chi connectivity index (χ1v) is 4.72. The van der Waals surface area contributed by atoms with Gasteiger partial charge in [0.1, 0.15) is 0 Å². The molecule has 64 valence electrons. The molecule has 1 unspecified atom stereocenters. The maximum absolute atomic E-state index is 2.28. The summed E-state index contributed by atoms with van der Waals surface area (Å²) in [5.41, 5.74) is 1.52. The van der Waals surface area contributed by atoms with Crippen LogP contribution in [-0.4, -0.2) is 20.1 Å². The zero-order valence-corrected chi connectivity index (χ0v) is 7.59. The van der Waals surface area contributed by atoms with E-state index in [1.807, 2.05) is 0 Å². The number of likely N-dealkylation sites (tertiary alicyclic amines) is 1. The van der Waals surface area contributed by atoms with Gasteiger partial charge in [-0.05, 0) is 5.56 Å². The Labute approximate surface area is 74.0 Å². The van der Waals surface area contributed by atoms with Crippen LogP contribution in [0.5, 0.6) is 0 Å². The van der Waals surface area contributed by atoms with Gasteiger partial charge in [-0.1, -0.05) is 30.3 Å². The van der Waals surface area contributed by atoms with Gasteiger partial charge in [-0.2, -0.15) is 0 Å². The van der Waals surface area contributed by atoms with Crippen LogP contribution in [0.4, 0.5) is 0 Å². The number of benzene rings is 1. The number of likely N-dealkylation sites (N-methyl/N-ethyl adjacent to an activating group) is 1. The molecule has 1 aromatic carbocycles. The van der Waals surface area contributed by atoms with Crippen LogP contribution in [0.25, 0.3) is 0 Å². The van der Waals surface area contributed by atoms with Gasteiger partial charge in [0.2, 0.25) is 0 Å². The SMILES string of the molecule is C[NH+]1CC[C@@H](c2ccccc2)C1. The Morgan fingerprint density at radius 1 is 1.25 bits per heavy atom. The standard InChI is InChI=1S/C11H15N/c1-12-8-7-11(9-12)10-5-3-2-4-6-10/h2-6,11H,7-9H2,1H3/p+1/t11-/m1/s1. The normalized spacial score (nSPS) is 29.1. The quantitative estimate of drug-likeness (QED) is 0.619. The second kappa shape index (κ2) is 3.28. The zero-order valence-electron chi connectivity index (χ0n) is 7.59. The minimum Gasteiger partial charge on any atom is -0.337 e. The first kappa shape index (κ1) is 7.81. The van der Waals surface area contributed by atoms with Crippen LogP contribution in [0.1, 0.15) is 17.9 Å². The Bertz CT molecular complexity index is 242. The molecule has 0 radical (unpaired) electrons. The van der Waals surface area contributed by atoms with Crippen LogP contribution in [-0.2, 0) is 0 Å². The fourth-order valence-electron chi connectivity index (χ4n) is 2.06. The van der Waals surface area contributed by atoms with E-state index < -0.39 is 0 Å². The number of quaternary nitrogens is 1. The molecule has 1 heterocycles. The van der Waals surface area contributed by atoms with Gasteiger partial charge < -0.3 is 4.90 Å². The molecule has 1 aliphatic heterocycles. The van der Waals surface area contributed by atoms with E-state index in [4.69, 9.17) is 0 Å². The second-order valence-electron chi connectivity index (χ2n) is 3.81. The van der Waals surface area contributed by atoms with Crippen molar-refractivity contribution >= 4 is 0 Å². The van der Waals surface area contributed by atoms with E-state index in [0.717, 1.165) is 5.92 Å². The van der Waals surface area contributed by atoms with Crippen molar-refractivity contribution in [2.75, 3.05) is 20.1 Å². The molecule has 0 spiro atoms. The molecule has 1 aromatic rings. The van der Waals surface area contributed by atoms with Crippen LogP contribution in [0.15, 0.2) is 30.3 Å². The van der Waals surface area contributed by atoms with Crippen molar-refractivity contribution < 1.29 is 4.90 Å². The number of nitrogens with one attached hydrogen (secondary N) is 1. The van der Waals surface area contributed by atoms with E-state index in [1.54, 1.807) is 4.90 Å². The summed E-state index contributed by atoms with van der Waals surface area (Å²) in [5.74, 6) is 0.811. The summed E-state index contributed by atoms with van der Waals surface area (Å²) in [5, 5.41) is 0. The first-order valence-electron chi connectivity index (χ1n) is 4.72. The second-order valence-corrected chi connectivity index (χ2v) is 3.81. The van der Waals surface area contributed by atoms with E-state index >= 15 is 0 Å². The molecule has 1 nitrogen and oxygen atoms in total. The van der Waals surface area contributed by atoms with Crippen LogP contribution >= 0.6 is 0 Å². The third kappa shape index (κ3) is 1.51. The van der Waals surface area contributed by atoms with Crippen molar-refractivity contribution in [3.8, 4) is 0 Å². The molecule has 12 heavy (non-hydrogen) atoms. The molecule has 0 aromatic heterocycles. The van der Waals surface area contributed by atoms with Gasteiger partial charge in [0.05, 0.1) is 20.1 Å². The van der Waals surface area contributed by atoms with Crippen molar-refractivity contribution in [1.29, 1.82) is 0 Å². The fraction of sp³-hybridized carbons (Fsp3) is 0.455. The van der Waals surface area contributed by atoms with Gasteiger partial charge in [-0.3, -0.25) is 0 Å². The summed E-state index contributed by atoms with van der Waals surface area (Å²) in [4.78, 5) is 1.67. The highest BCUT2D eigenvalue weighted by molar-refractivity contribution is 5.19. The summed E-state index contributed by atoms with van der Waals surface area (Å²) < 4.78 is 0. The van der Waals surface area contributed by atoms with Crippen LogP contribution in [0, 0.1) is 0 Å². The molecule has 1 saturated heterocycles. The Morgan fingerprint density at radius 2 is 2.00 bits per heavy atom. The first-order chi connectivity index (χ1) is 5.86. The van der Waals surface area contributed by atoms with E-state index in [2.05, 4.69) is 37.4 Å². The maximum Gasteiger partial charge on any atom is 0.0840 e. The summed E-state index contributed by atoms with van der Waals surface area (Å²) in [6, 6.07) is 10.9. The largest absolute Gasteiger partial charge is 0.337 e. The highest BCUT2D eigenvalue weighted by Crippen LogP contribution is 2.18. The third-order valence-electron chi connectivity index (χ3n) is 2.79. The lowest BCUT2D eigenvalue weighted by Gasteiger charge is -2.07. The molecule has 2 rings (SSSR count). The van der Waals surface area contributed by atoms with Gasteiger partial charge in [0.15, 0.2) is 0 Å². The zero-order chi connectivity index (χ0) is 8.39. The molecule has 1 heteroatoms. The van der Waals surface area contributed by atoms with Crippen molar-refractivity contribution in [3.05, 3.63) is 35.9 Å². The lowest BCUT2D eigenvalue weighted by atomic mass is 9.99. The molecule has 0 saturated carbocycles. The maximum atomic E-state index is 2.28. The van der Waals surface area contributed by atoms with Gasteiger partial charge >= 0.3 is 0 Å². The van der Waals surface area contributed by atoms with Crippen molar-refractivity contribution in [2.45, 2.75) is 12.3 Å². The average molecular weight is 162 g/mol. The third-order valence-corrected chi connectivity index (χ3v) is 2.79. The molecular formula is C11H16N+. The number of hydrogen-bond donors (Lipinski definition) is 1. The van der Waals surface area contributed by atoms with Crippen molar-refractivity contribution in [3.63, 3.8) is 0 Å². The lowest BCUT2D eigenvalue weighted by Crippen LogP contribution is -3.06. The predicted molar refractivity (Wildman–Crippen MR) is 50.4 cm³/mol. The van der Waals surface area contributed by atoms with Gasteiger partial charge in [-0.15, -0.1) is 0 Å². The summed E-state index contributed by atoms with van der Waals surface area (Å²) >= 11 is 0. The van der Waals surface area contributed by atoms with Gasteiger partial charge in [0, 0.05) is 12.3 Å². The minimum atomic E-state index is 0.811. The smallest absolute Gasteiger partial charge is 0.0840 e. The summed E-state index contributed by atoms with van der Waals surface area (Å²) in [6.45, 7) is 2.64. The van der Waals surface area contributed by atoms with Crippen LogP contribution in [0.3, 0.4) is 0 Å². The Morgan fingerprint density at radius 3 is 2.58 bits per heavy atom. The highest BCUT2D eigenvalue weighted by Gasteiger charge is 2.23. The fourth-order valence-corrected chi connectivity index (χ4v) is 2.06. The summed E-state index contributed by atoms with van der Waals surface area (Å²) in [6.07, 6.45) is 1.36. The molecule has 0 amide bonds. The molecule has 1 N–H and O–H groups in total. The van der Waals surface area contributed by atoms with Crippen LogP contribution in [0.2, 0.25) is 0 Å². The predicted octanol–water partition coefficient (Wildman–Crippen LogP) is 0.689. The van der Waals surface area contributed by atoms with Gasteiger partial charge in [0.25, 0.3) is 0 Å². The monoisotopic (exact) mass is 162 g/mol. The molecule has 0 bridgehead atoms. The van der Waals surface area contributed by atoms with E-state index in [9.17, 15) is 0 Å². The topological polar surface area (TPSA) is 4.44 Å². The van der Waals surface area contributed by atoms with Crippen molar-refractivity contribution in [2.24, 2.45) is 0 Å². The minimum absolute atomic E-state index is 0.811. The van der Waals surface area contributed by atoms with Crippen LogP contribution < -0.4 is 4.90 Å². The Kier molecular flexibility index (Phi) is 2.13. The molecular weight excluding hydrogens is 146 g/mol. The summed E-state index contributed by atoms with van der Waals surface area (Å²) in [7, 11) is 2.28. The van der Waals surface area contributed by atoms with E-state index in [0.29, 0.717) is 0 Å². The molecule has 1 aliphatic rings. The number of hydrogen-bond acceptors (Lipinski definition) is 0. The van der Waals surface area contributed by atoms with Crippen molar-refractivity contribution in [1.82, 2.24) is 0 Å². The van der Waals surface area contributed by atoms with E-state index in [-0.39, 0.29) is 0 Å². The lowest BCUT2D eigenvalue weighted by molar-refractivity contribution is -0.866.